The topological polar surface area (TPSA) is 93.6 Å². The van der Waals surface area contributed by atoms with E-state index in [9.17, 15) is 19.2 Å². The number of rotatable bonds is 6. The Morgan fingerprint density at radius 2 is 1.50 bits per heavy atom. The van der Waals surface area contributed by atoms with Crippen molar-refractivity contribution in [2.45, 2.75) is 13.8 Å². The minimum Gasteiger partial charge on any atom is -0.454 e. The van der Waals surface area contributed by atoms with Crippen LogP contribution in [-0.4, -0.2) is 35.2 Å². The molecule has 0 bridgehead atoms. The Kier molecular flexibility index (Phi) is 7.00. The number of benzene rings is 4. The number of fused-ring (bicyclic) bond motifs is 2. The van der Waals surface area contributed by atoms with Crippen LogP contribution in [0.3, 0.4) is 0 Å². The van der Waals surface area contributed by atoms with Crippen molar-refractivity contribution in [3.63, 3.8) is 0 Å². The van der Waals surface area contributed by atoms with E-state index < -0.39 is 12.6 Å². The molecule has 0 fully saturated rings. The van der Waals surface area contributed by atoms with Gasteiger partial charge in [-0.2, -0.15) is 0 Å². The Morgan fingerprint density at radius 3 is 2.17 bits per heavy atom. The smallest absolute Gasteiger partial charge is 0.339 e. The average molecular weight is 619 g/mol. The largest absolute Gasteiger partial charge is 0.454 e. The van der Waals surface area contributed by atoms with Gasteiger partial charge in [0.2, 0.25) is 0 Å². The number of hydrogen-bond acceptors (Lipinski definition) is 6. The summed E-state index contributed by atoms with van der Waals surface area (Å²) in [6.07, 6.45) is 0. The highest BCUT2D eigenvalue weighted by molar-refractivity contribution is 9.10. The number of carbonyl (C=O) groups is 4. The molecular weight excluding hydrogens is 596 g/mol. The first-order chi connectivity index (χ1) is 20.2. The molecule has 2 amide bonds. The molecule has 7 nitrogen and oxygen atoms in total. The minimum atomic E-state index is -0.651. The summed E-state index contributed by atoms with van der Waals surface area (Å²) in [6.45, 7) is 3.49. The molecular formula is C34H23BrN2O5. The zero-order valence-corrected chi connectivity index (χ0v) is 24.3. The number of aromatic nitrogens is 1. The number of pyridine rings is 1. The summed E-state index contributed by atoms with van der Waals surface area (Å²) < 4.78 is 6.24. The summed E-state index contributed by atoms with van der Waals surface area (Å²) in [6, 6.07) is 25.9. The van der Waals surface area contributed by atoms with E-state index in [0.29, 0.717) is 44.5 Å². The summed E-state index contributed by atoms with van der Waals surface area (Å²) in [5, 5.41) is 0.569. The van der Waals surface area contributed by atoms with Crippen LogP contribution >= 0.6 is 15.9 Å². The lowest BCUT2D eigenvalue weighted by Crippen LogP contribution is -2.29. The van der Waals surface area contributed by atoms with E-state index in [1.54, 1.807) is 78.9 Å². The van der Waals surface area contributed by atoms with Crippen molar-refractivity contribution in [3.8, 4) is 11.3 Å². The number of amides is 2. The fraction of sp³-hybridized carbons (Fsp3) is 0.0882. The SMILES string of the molecule is Cc1ccc(C(=O)COC(=O)c2cc(-c3ccc(N4C(=O)c5ccccc5C4=O)cc3)nc3ccc(Br)cc23)cc1C. The number of esters is 1. The maximum atomic E-state index is 13.3. The molecule has 42 heavy (non-hydrogen) atoms. The Bertz CT molecular complexity index is 1910. The Labute approximate surface area is 249 Å². The van der Waals surface area contributed by atoms with E-state index >= 15 is 0 Å². The third-order valence-corrected chi connectivity index (χ3v) is 7.86. The number of halogens is 1. The van der Waals surface area contributed by atoms with Gasteiger partial charge in [-0.15, -0.1) is 0 Å². The van der Waals surface area contributed by atoms with Gasteiger partial charge in [0.15, 0.2) is 12.4 Å². The molecule has 1 aliphatic rings. The number of hydrogen-bond donors (Lipinski definition) is 0. The molecule has 0 N–H and O–H groups in total. The summed E-state index contributed by atoms with van der Waals surface area (Å²) in [5.41, 5.74) is 5.68. The van der Waals surface area contributed by atoms with Crippen LogP contribution in [0, 0.1) is 13.8 Å². The second-order valence-electron chi connectivity index (χ2n) is 10.1. The molecule has 1 aliphatic heterocycles. The number of imide groups is 1. The van der Waals surface area contributed by atoms with E-state index in [2.05, 4.69) is 15.9 Å². The number of anilines is 1. The van der Waals surface area contributed by atoms with Crippen LogP contribution in [0.5, 0.6) is 0 Å². The molecule has 6 rings (SSSR count). The fourth-order valence-corrected chi connectivity index (χ4v) is 5.29. The number of nitrogens with zero attached hydrogens (tertiary/aromatic N) is 2. The van der Waals surface area contributed by atoms with Crippen molar-refractivity contribution in [1.82, 2.24) is 4.98 Å². The Balaban J connectivity index is 1.29. The van der Waals surface area contributed by atoms with E-state index in [-0.39, 0.29) is 23.2 Å². The molecule has 4 aromatic carbocycles. The van der Waals surface area contributed by atoms with Crippen molar-refractivity contribution in [2.75, 3.05) is 11.5 Å². The van der Waals surface area contributed by atoms with Gasteiger partial charge in [0, 0.05) is 21.0 Å². The molecule has 0 atom stereocenters. The van der Waals surface area contributed by atoms with Crippen LogP contribution in [-0.2, 0) is 4.74 Å². The lowest BCUT2D eigenvalue weighted by Gasteiger charge is -2.15. The highest BCUT2D eigenvalue weighted by Gasteiger charge is 2.36. The summed E-state index contributed by atoms with van der Waals surface area (Å²) >= 11 is 3.45. The first kappa shape index (κ1) is 27.2. The highest BCUT2D eigenvalue weighted by Crippen LogP contribution is 2.32. The monoisotopic (exact) mass is 618 g/mol. The third kappa shape index (κ3) is 4.90. The van der Waals surface area contributed by atoms with Crippen LogP contribution in [0.25, 0.3) is 22.2 Å². The highest BCUT2D eigenvalue weighted by atomic mass is 79.9. The molecule has 2 heterocycles. The standard InChI is InChI=1S/C34H23BrN2O5/c1-19-7-8-22(15-20(19)2)31(38)18-42-34(41)28-17-30(36-29-14-11-23(35)16-27(28)29)21-9-12-24(13-10-21)37-32(39)25-5-3-4-6-26(25)33(37)40/h3-17H,18H2,1-2H3. The van der Waals surface area contributed by atoms with E-state index in [0.717, 1.165) is 20.5 Å². The lowest BCUT2D eigenvalue weighted by atomic mass is 10.0. The van der Waals surface area contributed by atoms with Crippen molar-refractivity contribution >= 4 is 56.1 Å². The van der Waals surface area contributed by atoms with Gasteiger partial charge in [-0.05, 0) is 79.6 Å². The first-order valence-electron chi connectivity index (χ1n) is 13.2. The van der Waals surface area contributed by atoms with Gasteiger partial charge in [0.1, 0.15) is 0 Å². The van der Waals surface area contributed by atoms with Crippen LogP contribution in [0.2, 0.25) is 0 Å². The predicted molar refractivity (Wildman–Crippen MR) is 163 cm³/mol. The average Bonchev–Trinajstić information content (AvgIpc) is 3.26. The molecule has 1 aromatic heterocycles. The number of aryl methyl sites for hydroxylation is 2. The number of ketones is 1. The molecule has 0 aliphatic carbocycles. The molecule has 0 saturated carbocycles. The summed E-state index contributed by atoms with van der Waals surface area (Å²) in [4.78, 5) is 57.8. The first-order valence-corrected chi connectivity index (χ1v) is 14.0. The van der Waals surface area contributed by atoms with Gasteiger partial charge in [-0.25, -0.2) is 14.7 Å². The molecule has 0 radical (unpaired) electrons. The number of carbonyl (C=O) groups excluding carboxylic acids is 4. The van der Waals surface area contributed by atoms with E-state index in [1.165, 1.54) is 0 Å². The summed E-state index contributed by atoms with van der Waals surface area (Å²) in [7, 11) is 0. The molecule has 0 unspecified atom stereocenters. The molecule has 0 saturated heterocycles. The summed E-state index contributed by atoms with van der Waals surface area (Å²) in [5.74, 6) is -1.70. The minimum absolute atomic E-state index is 0.258. The van der Waals surface area contributed by atoms with Crippen molar-refractivity contribution < 1.29 is 23.9 Å². The lowest BCUT2D eigenvalue weighted by molar-refractivity contribution is 0.0476. The van der Waals surface area contributed by atoms with Crippen LogP contribution in [0.1, 0.15) is 52.6 Å². The Hall–Kier alpha value is -4.95. The van der Waals surface area contributed by atoms with E-state index in [1.807, 2.05) is 26.0 Å². The van der Waals surface area contributed by atoms with Crippen molar-refractivity contribution in [3.05, 3.63) is 129 Å². The molecule has 5 aromatic rings. The van der Waals surface area contributed by atoms with Gasteiger partial charge in [-0.1, -0.05) is 52.3 Å². The molecule has 0 spiro atoms. The van der Waals surface area contributed by atoms with Crippen LogP contribution in [0.15, 0.2) is 95.5 Å². The van der Waals surface area contributed by atoms with Crippen molar-refractivity contribution in [2.24, 2.45) is 0 Å². The van der Waals surface area contributed by atoms with Crippen LogP contribution in [0.4, 0.5) is 5.69 Å². The molecule has 206 valence electrons. The zero-order valence-electron chi connectivity index (χ0n) is 22.7. The second-order valence-corrected chi connectivity index (χ2v) is 11.0. The Morgan fingerprint density at radius 1 is 0.810 bits per heavy atom. The quantitative estimate of drug-likeness (QED) is 0.114. The third-order valence-electron chi connectivity index (χ3n) is 7.37. The van der Waals surface area contributed by atoms with Gasteiger partial charge in [-0.3, -0.25) is 14.4 Å². The van der Waals surface area contributed by atoms with Gasteiger partial charge in [0.05, 0.1) is 33.6 Å². The fourth-order valence-electron chi connectivity index (χ4n) is 4.93. The normalized spacial score (nSPS) is 12.5. The maximum Gasteiger partial charge on any atom is 0.339 e. The van der Waals surface area contributed by atoms with Crippen LogP contribution < -0.4 is 4.90 Å². The second kappa shape index (κ2) is 10.8. The van der Waals surface area contributed by atoms with E-state index in [4.69, 9.17) is 9.72 Å². The number of ether oxygens (including phenoxy) is 1. The van der Waals surface area contributed by atoms with Gasteiger partial charge >= 0.3 is 5.97 Å². The van der Waals surface area contributed by atoms with Gasteiger partial charge < -0.3 is 4.74 Å². The zero-order chi connectivity index (χ0) is 29.5. The number of Topliss-reactive ketones (excluding diaryl/α,β-unsaturated/α-hetero) is 1. The van der Waals surface area contributed by atoms with Crippen molar-refractivity contribution in [1.29, 1.82) is 0 Å². The molecule has 8 heteroatoms. The van der Waals surface area contributed by atoms with Gasteiger partial charge in [0.25, 0.3) is 11.8 Å². The predicted octanol–water partition coefficient (Wildman–Crippen LogP) is 7.12. The maximum absolute atomic E-state index is 13.3.